The van der Waals surface area contributed by atoms with Crippen molar-refractivity contribution in [3.63, 3.8) is 0 Å². The quantitative estimate of drug-likeness (QED) is 0.408. The number of carbonyl (C=O) groups excluding carboxylic acids is 1. The van der Waals surface area contributed by atoms with Crippen LogP contribution in [0.3, 0.4) is 0 Å². The molecule has 0 bridgehead atoms. The summed E-state index contributed by atoms with van der Waals surface area (Å²) in [7, 11) is 0. The van der Waals surface area contributed by atoms with Gasteiger partial charge in [-0.3, -0.25) is 9.36 Å². The molecule has 5 nitrogen and oxygen atoms in total. The summed E-state index contributed by atoms with van der Waals surface area (Å²) in [4.78, 5) is 12.4. The van der Waals surface area contributed by atoms with Gasteiger partial charge in [-0.1, -0.05) is 68.1 Å². The van der Waals surface area contributed by atoms with Crippen LogP contribution in [0.1, 0.15) is 30.9 Å². The number of hydrogen-bond acceptors (Lipinski definition) is 4. The highest BCUT2D eigenvalue weighted by atomic mass is 32.2. The summed E-state index contributed by atoms with van der Waals surface area (Å²) in [6.07, 6.45) is 1.81. The first kappa shape index (κ1) is 20.9. The molecular weight excluding hydrogens is 380 g/mol. The largest absolute Gasteiger partial charge is 0.325 e. The molecule has 0 aliphatic heterocycles. The van der Waals surface area contributed by atoms with Crippen molar-refractivity contribution in [2.24, 2.45) is 0 Å². The van der Waals surface area contributed by atoms with E-state index in [1.165, 1.54) is 17.3 Å². The summed E-state index contributed by atoms with van der Waals surface area (Å²) in [5.74, 6) is 1.44. The van der Waals surface area contributed by atoms with E-state index < -0.39 is 0 Å². The summed E-state index contributed by atoms with van der Waals surface area (Å²) < 4.78 is 1.99. The number of benzene rings is 2. The standard InChI is InChI=1S/C23H26N4OS/c1-5-14-27-22(20-9-7-6-8-17(20)4)25-26-23(27)29-15-21(28)24-19-12-10-18(11-13-19)16(2)3/h5-13,16H,1,14-15H2,2-4H3,(H,24,28). The molecule has 3 aromatic rings. The second kappa shape index (κ2) is 9.56. The molecule has 3 rings (SSSR count). The Morgan fingerprint density at radius 3 is 2.55 bits per heavy atom. The molecule has 0 aliphatic rings. The van der Waals surface area contributed by atoms with Gasteiger partial charge in [0.1, 0.15) is 0 Å². The molecule has 0 fully saturated rings. The fraction of sp³-hybridized carbons (Fsp3) is 0.261. The molecule has 1 N–H and O–H groups in total. The number of carbonyl (C=O) groups is 1. The molecule has 0 spiro atoms. The van der Waals surface area contributed by atoms with Crippen LogP contribution in [-0.4, -0.2) is 26.4 Å². The number of aromatic nitrogens is 3. The summed E-state index contributed by atoms with van der Waals surface area (Å²) >= 11 is 1.37. The number of hydrogen-bond donors (Lipinski definition) is 1. The van der Waals surface area contributed by atoms with Crippen molar-refractivity contribution >= 4 is 23.4 Å². The minimum absolute atomic E-state index is 0.0714. The summed E-state index contributed by atoms with van der Waals surface area (Å²) in [5, 5.41) is 12.3. The second-order valence-corrected chi connectivity index (χ2v) is 8.08. The van der Waals surface area contributed by atoms with Gasteiger partial charge >= 0.3 is 0 Å². The Labute approximate surface area is 176 Å². The van der Waals surface area contributed by atoms with E-state index in [0.717, 1.165) is 22.6 Å². The maximum atomic E-state index is 12.4. The zero-order chi connectivity index (χ0) is 20.8. The first-order valence-electron chi connectivity index (χ1n) is 9.62. The predicted molar refractivity (Wildman–Crippen MR) is 120 cm³/mol. The Morgan fingerprint density at radius 2 is 1.90 bits per heavy atom. The van der Waals surface area contributed by atoms with Crippen molar-refractivity contribution in [3.05, 3.63) is 72.3 Å². The highest BCUT2D eigenvalue weighted by Crippen LogP contribution is 2.26. The van der Waals surface area contributed by atoms with Gasteiger partial charge in [-0.2, -0.15) is 0 Å². The molecule has 1 aromatic heterocycles. The number of nitrogens with zero attached hydrogens (tertiary/aromatic N) is 3. The third-order valence-corrected chi connectivity index (χ3v) is 5.57. The second-order valence-electron chi connectivity index (χ2n) is 7.13. The lowest BCUT2D eigenvalue weighted by Crippen LogP contribution is -2.14. The summed E-state index contributed by atoms with van der Waals surface area (Å²) in [6, 6.07) is 16.0. The van der Waals surface area contributed by atoms with E-state index in [1.54, 1.807) is 0 Å². The van der Waals surface area contributed by atoms with Crippen LogP contribution in [-0.2, 0) is 11.3 Å². The molecule has 0 aliphatic carbocycles. The Kier molecular flexibility index (Phi) is 6.88. The first-order chi connectivity index (χ1) is 14.0. The molecule has 1 heterocycles. The van der Waals surface area contributed by atoms with Gasteiger partial charge in [0.25, 0.3) is 0 Å². The average molecular weight is 407 g/mol. The van der Waals surface area contributed by atoms with Crippen LogP contribution in [0.25, 0.3) is 11.4 Å². The predicted octanol–water partition coefficient (Wildman–Crippen LogP) is 5.29. The van der Waals surface area contributed by atoms with E-state index in [4.69, 9.17) is 0 Å². The summed E-state index contributed by atoms with van der Waals surface area (Å²) in [5.41, 5.74) is 4.21. The monoisotopic (exact) mass is 406 g/mol. The van der Waals surface area contributed by atoms with Gasteiger partial charge < -0.3 is 5.32 Å². The van der Waals surface area contributed by atoms with Crippen LogP contribution in [0, 0.1) is 6.92 Å². The Hall–Kier alpha value is -2.86. The molecule has 0 saturated heterocycles. The van der Waals surface area contributed by atoms with Crippen LogP contribution in [0.2, 0.25) is 0 Å². The van der Waals surface area contributed by atoms with Crippen molar-refractivity contribution in [2.75, 3.05) is 11.1 Å². The fourth-order valence-electron chi connectivity index (χ4n) is 2.99. The zero-order valence-electron chi connectivity index (χ0n) is 17.1. The van der Waals surface area contributed by atoms with Crippen molar-refractivity contribution in [1.29, 1.82) is 0 Å². The molecule has 1 amide bonds. The molecule has 0 saturated carbocycles. The maximum absolute atomic E-state index is 12.4. The number of amides is 1. The average Bonchev–Trinajstić information content (AvgIpc) is 3.10. The number of thioether (sulfide) groups is 1. The van der Waals surface area contributed by atoms with Crippen molar-refractivity contribution < 1.29 is 4.79 Å². The first-order valence-corrected chi connectivity index (χ1v) is 10.6. The number of allylic oxidation sites excluding steroid dienone is 1. The third-order valence-electron chi connectivity index (χ3n) is 4.61. The lowest BCUT2D eigenvalue weighted by molar-refractivity contribution is -0.113. The number of aryl methyl sites for hydroxylation is 1. The Morgan fingerprint density at radius 1 is 1.17 bits per heavy atom. The van der Waals surface area contributed by atoms with Gasteiger partial charge in [0.15, 0.2) is 11.0 Å². The minimum atomic E-state index is -0.0714. The van der Waals surface area contributed by atoms with Crippen LogP contribution >= 0.6 is 11.8 Å². The highest BCUT2D eigenvalue weighted by Gasteiger charge is 2.16. The van der Waals surface area contributed by atoms with E-state index in [0.29, 0.717) is 17.6 Å². The van der Waals surface area contributed by atoms with Crippen molar-refractivity contribution in [2.45, 2.75) is 38.4 Å². The zero-order valence-corrected chi connectivity index (χ0v) is 17.9. The molecular formula is C23H26N4OS. The molecule has 0 atom stereocenters. The number of nitrogens with one attached hydrogen (secondary N) is 1. The van der Waals surface area contributed by atoms with Gasteiger partial charge in [-0.05, 0) is 36.1 Å². The van der Waals surface area contributed by atoms with E-state index >= 15 is 0 Å². The van der Waals surface area contributed by atoms with Crippen LogP contribution < -0.4 is 5.32 Å². The molecule has 2 aromatic carbocycles. The van der Waals surface area contributed by atoms with E-state index in [-0.39, 0.29) is 11.7 Å². The van der Waals surface area contributed by atoms with E-state index in [9.17, 15) is 4.79 Å². The molecule has 0 unspecified atom stereocenters. The van der Waals surface area contributed by atoms with Gasteiger partial charge in [-0.15, -0.1) is 16.8 Å². The van der Waals surface area contributed by atoms with E-state index in [1.807, 2.05) is 66.1 Å². The Bertz CT molecular complexity index is 992. The minimum Gasteiger partial charge on any atom is -0.325 e. The molecule has 29 heavy (non-hydrogen) atoms. The SMILES string of the molecule is C=CCn1c(SCC(=O)Nc2ccc(C(C)C)cc2)nnc1-c1ccccc1C. The van der Waals surface area contributed by atoms with Gasteiger partial charge in [-0.25, -0.2) is 0 Å². The third kappa shape index (κ3) is 5.15. The number of rotatable bonds is 8. The van der Waals surface area contributed by atoms with Gasteiger partial charge in [0.05, 0.1) is 5.75 Å². The molecule has 150 valence electrons. The molecule has 0 radical (unpaired) electrons. The van der Waals surface area contributed by atoms with Gasteiger partial charge in [0, 0.05) is 17.8 Å². The summed E-state index contributed by atoms with van der Waals surface area (Å²) in [6.45, 7) is 10.8. The van der Waals surface area contributed by atoms with Crippen molar-refractivity contribution in [3.8, 4) is 11.4 Å². The molecule has 6 heteroatoms. The van der Waals surface area contributed by atoms with Crippen LogP contribution in [0.5, 0.6) is 0 Å². The van der Waals surface area contributed by atoms with Crippen LogP contribution in [0.15, 0.2) is 66.3 Å². The van der Waals surface area contributed by atoms with Crippen molar-refractivity contribution in [1.82, 2.24) is 14.8 Å². The number of anilines is 1. The normalized spacial score (nSPS) is 10.9. The van der Waals surface area contributed by atoms with Crippen LogP contribution in [0.4, 0.5) is 5.69 Å². The highest BCUT2D eigenvalue weighted by molar-refractivity contribution is 7.99. The Balaban J connectivity index is 1.69. The van der Waals surface area contributed by atoms with Gasteiger partial charge in [0.2, 0.25) is 5.91 Å². The lowest BCUT2D eigenvalue weighted by atomic mass is 10.0. The topological polar surface area (TPSA) is 59.8 Å². The maximum Gasteiger partial charge on any atom is 0.234 e. The smallest absolute Gasteiger partial charge is 0.234 e. The van der Waals surface area contributed by atoms with E-state index in [2.05, 4.69) is 35.9 Å². The lowest BCUT2D eigenvalue weighted by Gasteiger charge is -2.10. The fourth-order valence-corrected chi connectivity index (χ4v) is 3.74.